The van der Waals surface area contributed by atoms with Crippen molar-refractivity contribution < 1.29 is 4.39 Å². The van der Waals surface area contributed by atoms with Gasteiger partial charge in [0.1, 0.15) is 5.82 Å². The van der Waals surface area contributed by atoms with Gasteiger partial charge in [-0.1, -0.05) is 24.3 Å². The molecular formula is C15H15FIN. The van der Waals surface area contributed by atoms with Crippen molar-refractivity contribution >= 4 is 28.3 Å². The van der Waals surface area contributed by atoms with Crippen LogP contribution in [0.25, 0.3) is 0 Å². The van der Waals surface area contributed by atoms with Gasteiger partial charge in [0, 0.05) is 14.8 Å². The van der Waals surface area contributed by atoms with Crippen LogP contribution < -0.4 is 5.32 Å². The van der Waals surface area contributed by atoms with Gasteiger partial charge in [-0.3, -0.25) is 0 Å². The van der Waals surface area contributed by atoms with Crippen LogP contribution in [0.15, 0.2) is 42.5 Å². The molecule has 0 aliphatic rings. The molecule has 1 atom stereocenters. The zero-order chi connectivity index (χ0) is 13.1. The summed E-state index contributed by atoms with van der Waals surface area (Å²) in [6, 6.07) is 12.9. The van der Waals surface area contributed by atoms with E-state index in [1.165, 1.54) is 15.2 Å². The predicted molar refractivity (Wildman–Crippen MR) is 82.3 cm³/mol. The van der Waals surface area contributed by atoms with Crippen molar-refractivity contribution in [2.45, 2.75) is 19.9 Å². The molecule has 18 heavy (non-hydrogen) atoms. The Balaban J connectivity index is 2.24. The molecule has 0 aromatic heterocycles. The van der Waals surface area contributed by atoms with E-state index in [0.29, 0.717) is 5.56 Å². The lowest BCUT2D eigenvalue weighted by Crippen LogP contribution is -2.09. The maximum atomic E-state index is 13.7. The standard InChI is InChI=1S/C15H15FIN/c1-10-14(17)8-5-9-15(10)18-11(2)12-6-3-4-7-13(12)16/h3-9,11,18H,1-2H3. The molecule has 2 rings (SSSR count). The highest BCUT2D eigenvalue weighted by Gasteiger charge is 2.11. The average molecular weight is 355 g/mol. The number of hydrogen-bond acceptors (Lipinski definition) is 1. The molecule has 0 heterocycles. The summed E-state index contributed by atoms with van der Waals surface area (Å²) in [6.45, 7) is 4.04. The van der Waals surface area contributed by atoms with Crippen molar-refractivity contribution in [2.75, 3.05) is 5.32 Å². The SMILES string of the molecule is Cc1c(I)cccc1NC(C)c1ccccc1F. The first-order valence-corrected chi connectivity index (χ1v) is 6.93. The van der Waals surface area contributed by atoms with E-state index in [1.54, 1.807) is 6.07 Å². The Morgan fingerprint density at radius 2 is 1.83 bits per heavy atom. The van der Waals surface area contributed by atoms with Gasteiger partial charge >= 0.3 is 0 Å². The number of anilines is 1. The van der Waals surface area contributed by atoms with E-state index in [0.717, 1.165) is 5.69 Å². The molecule has 1 unspecified atom stereocenters. The fourth-order valence-electron chi connectivity index (χ4n) is 1.90. The first-order chi connectivity index (χ1) is 8.59. The molecule has 0 fully saturated rings. The van der Waals surface area contributed by atoms with Gasteiger partial charge in [0.05, 0.1) is 6.04 Å². The van der Waals surface area contributed by atoms with Gasteiger partial charge in [-0.2, -0.15) is 0 Å². The Hall–Kier alpha value is -1.10. The first-order valence-electron chi connectivity index (χ1n) is 5.85. The second-order valence-electron chi connectivity index (χ2n) is 4.30. The average Bonchev–Trinajstić information content (AvgIpc) is 2.35. The highest BCUT2D eigenvalue weighted by atomic mass is 127. The summed E-state index contributed by atoms with van der Waals surface area (Å²) in [5.41, 5.74) is 2.94. The van der Waals surface area contributed by atoms with Crippen molar-refractivity contribution in [3.8, 4) is 0 Å². The summed E-state index contributed by atoms with van der Waals surface area (Å²) >= 11 is 2.30. The molecule has 0 bridgehead atoms. The van der Waals surface area contributed by atoms with Gasteiger partial charge in [-0.25, -0.2) is 4.39 Å². The van der Waals surface area contributed by atoms with Crippen molar-refractivity contribution in [1.29, 1.82) is 0 Å². The Morgan fingerprint density at radius 3 is 2.56 bits per heavy atom. The summed E-state index contributed by atoms with van der Waals surface area (Å²) in [6.07, 6.45) is 0. The number of rotatable bonds is 3. The van der Waals surface area contributed by atoms with Crippen LogP contribution in [0.3, 0.4) is 0 Å². The number of benzene rings is 2. The maximum Gasteiger partial charge on any atom is 0.128 e. The Morgan fingerprint density at radius 1 is 1.11 bits per heavy atom. The molecule has 94 valence electrons. The molecule has 1 N–H and O–H groups in total. The highest BCUT2D eigenvalue weighted by molar-refractivity contribution is 14.1. The molecule has 0 aliphatic heterocycles. The van der Waals surface area contributed by atoms with E-state index < -0.39 is 0 Å². The van der Waals surface area contributed by atoms with Crippen LogP contribution in [0.4, 0.5) is 10.1 Å². The van der Waals surface area contributed by atoms with Crippen molar-refractivity contribution in [3.63, 3.8) is 0 Å². The van der Waals surface area contributed by atoms with Crippen molar-refractivity contribution in [3.05, 3.63) is 63.0 Å². The smallest absolute Gasteiger partial charge is 0.128 e. The summed E-state index contributed by atoms with van der Waals surface area (Å²) < 4.78 is 14.9. The fourth-order valence-corrected chi connectivity index (χ4v) is 2.40. The van der Waals surface area contributed by atoms with Gasteiger partial charge in [0.2, 0.25) is 0 Å². The van der Waals surface area contributed by atoms with Gasteiger partial charge < -0.3 is 5.32 Å². The van der Waals surface area contributed by atoms with Crippen molar-refractivity contribution in [2.24, 2.45) is 0 Å². The topological polar surface area (TPSA) is 12.0 Å². The molecule has 0 saturated carbocycles. The van der Waals surface area contributed by atoms with E-state index in [4.69, 9.17) is 0 Å². The number of nitrogens with one attached hydrogen (secondary N) is 1. The monoisotopic (exact) mass is 355 g/mol. The lowest BCUT2D eigenvalue weighted by Gasteiger charge is -2.18. The van der Waals surface area contributed by atoms with E-state index in [9.17, 15) is 4.39 Å². The third kappa shape index (κ3) is 2.83. The van der Waals surface area contributed by atoms with E-state index >= 15 is 0 Å². The predicted octanol–water partition coefficient (Wildman–Crippen LogP) is 4.91. The zero-order valence-electron chi connectivity index (χ0n) is 10.4. The van der Waals surface area contributed by atoms with Gasteiger partial charge in [-0.15, -0.1) is 0 Å². The molecule has 3 heteroatoms. The Labute approximate surface area is 121 Å². The van der Waals surface area contributed by atoms with Crippen LogP contribution in [0, 0.1) is 16.3 Å². The third-order valence-corrected chi connectivity index (χ3v) is 4.18. The van der Waals surface area contributed by atoms with Crippen LogP contribution >= 0.6 is 22.6 Å². The zero-order valence-corrected chi connectivity index (χ0v) is 12.5. The van der Waals surface area contributed by atoms with E-state index in [2.05, 4.69) is 40.9 Å². The Kier molecular flexibility index (Phi) is 4.22. The fraction of sp³-hybridized carbons (Fsp3) is 0.200. The van der Waals surface area contributed by atoms with Crippen LogP contribution in [-0.2, 0) is 0 Å². The quantitative estimate of drug-likeness (QED) is 0.772. The van der Waals surface area contributed by atoms with E-state index in [1.807, 2.05) is 31.2 Å². The minimum atomic E-state index is -0.166. The third-order valence-electron chi connectivity index (χ3n) is 3.01. The summed E-state index contributed by atoms with van der Waals surface area (Å²) in [5, 5.41) is 3.36. The number of halogens is 2. The summed E-state index contributed by atoms with van der Waals surface area (Å²) in [4.78, 5) is 0. The molecular weight excluding hydrogens is 340 g/mol. The highest BCUT2D eigenvalue weighted by Crippen LogP contribution is 2.26. The second kappa shape index (κ2) is 5.69. The first kappa shape index (κ1) is 13.3. The second-order valence-corrected chi connectivity index (χ2v) is 5.46. The van der Waals surface area contributed by atoms with Crippen LogP contribution in [0.5, 0.6) is 0 Å². The minimum Gasteiger partial charge on any atom is -0.378 e. The molecule has 0 radical (unpaired) electrons. The summed E-state index contributed by atoms with van der Waals surface area (Å²) in [7, 11) is 0. The van der Waals surface area contributed by atoms with Crippen molar-refractivity contribution in [1.82, 2.24) is 0 Å². The Bertz CT molecular complexity index is 554. The molecule has 0 saturated heterocycles. The summed E-state index contributed by atoms with van der Waals surface area (Å²) in [5.74, 6) is -0.166. The molecule has 0 aliphatic carbocycles. The normalized spacial score (nSPS) is 12.2. The lowest BCUT2D eigenvalue weighted by atomic mass is 10.1. The minimum absolute atomic E-state index is 0.0527. The van der Waals surface area contributed by atoms with Gasteiger partial charge in [0.25, 0.3) is 0 Å². The molecule has 2 aromatic carbocycles. The van der Waals surface area contributed by atoms with Crippen LogP contribution in [0.1, 0.15) is 24.1 Å². The van der Waals surface area contributed by atoms with Crippen LogP contribution in [0.2, 0.25) is 0 Å². The largest absolute Gasteiger partial charge is 0.378 e. The molecule has 0 amide bonds. The van der Waals surface area contributed by atoms with Crippen LogP contribution in [-0.4, -0.2) is 0 Å². The molecule has 2 aromatic rings. The van der Waals surface area contributed by atoms with Gasteiger partial charge in [0.15, 0.2) is 0 Å². The van der Waals surface area contributed by atoms with E-state index in [-0.39, 0.29) is 11.9 Å². The molecule has 0 spiro atoms. The number of hydrogen-bond donors (Lipinski definition) is 1. The van der Waals surface area contributed by atoms with Gasteiger partial charge in [-0.05, 0) is 60.2 Å². The lowest BCUT2D eigenvalue weighted by molar-refractivity contribution is 0.600. The molecule has 1 nitrogen and oxygen atoms in total. The maximum absolute atomic E-state index is 13.7.